The Hall–Kier alpha value is -2.07. The third-order valence-electron chi connectivity index (χ3n) is 3.11. The van der Waals surface area contributed by atoms with Gasteiger partial charge in [-0.15, -0.1) is 0 Å². The first kappa shape index (κ1) is 15.3. The maximum absolute atomic E-state index is 13.7. The molecule has 2 aromatic carbocycles. The summed E-state index contributed by atoms with van der Waals surface area (Å²) in [6.07, 6.45) is 0. The summed E-state index contributed by atoms with van der Waals surface area (Å²) in [6.45, 7) is 2.32. The summed E-state index contributed by atoms with van der Waals surface area (Å²) < 4.78 is 18.4. The van der Waals surface area contributed by atoms with Crippen LogP contribution in [-0.4, -0.2) is 13.1 Å². The molecule has 0 aromatic heterocycles. The smallest absolute Gasteiger partial charge is 0.337 e. The Kier molecular flexibility index (Phi) is 4.81. The topological polar surface area (TPSA) is 38.3 Å². The number of rotatable bonds is 4. The molecule has 2 rings (SSSR count). The maximum Gasteiger partial charge on any atom is 0.337 e. The summed E-state index contributed by atoms with van der Waals surface area (Å²) in [5, 5.41) is 3.62. The van der Waals surface area contributed by atoms with E-state index in [-0.39, 0.29) is 5.69 Å². The number of carbonyl (C=O) groups is 1. The molecule has 0 aliphatic heterocycles. The molecule has 1 N–H and O–H groups in total. The van der Waals surface area contributed by atoms with E-state index < -0.39 is 11.8 Å². The zero-order chi connectivity index (χ0) is 15.4. The summed E-state index contributed by atoms with van der Waals surface area (Å²) >= 11 is 6.05. The molecular weight excluding hydrogens is 293 g/mol. The second kappa shape index (κ2) is 6.59. The molecule has 0 bridgehead atoms. The number of aryl methyl sites for hydroxylation is 1. The van der Waals surface area contributed by atoms with E-state index >= 15 is 0 Å². The molecule has 0 amide bonds. The molecule has 5 heteroatoms. The van der Waals surface area contributed by atoms with Gasteiger partial charge in [0.1, 0.15) is 5.82 Å². The van der Waals surface area contributed by atoms with Crippen LogP contribution >= 0.6 is 11.6 Å². The maximum atomic E-state index is 13.7. The first-order chi connectivity index (χ1) is 10.0. The fourth-order valence-electron chi connectivity index (χ4n) is 1.85. The number of halogens is 2. The van der Waals surface area contributed by atoms with Gasteiger partial charge in [0, 0.05) is 11.6 Å². The largest absolute Gasteiger partial charge is 0.465 e. The summed E-state index contributed by atoms with van der Waals surface area (Å²) in [5.74, 6) is -0.933. The van der Waals surface area contributed by atoms with Crippen LogP contribution in [0.3, 0.4) is 0 Å². The zero-order valence-electron chi connectivity index (χ0n) is 11.7. The number of hydrogen-bond acceptors (Lipinski definition) is 3. The molecule has 21 heavy (non-hydrogen) atoms. The highest BCUT2D eigenvalue weighted by atomic mass is 35.5. The number of carbonyl (C=O) groups excluding carboxylic acids is 1. The molecule has 0 fully saturated rings. The number of ether oxygens (including phenoxy) is 1. The molecule has 0 saturated carbocycles. The lowest BCUT2D eigenvalue weighted by Crippen LogP contribution is -2.06. The Balaban J connectivity index is 2.15. The lowest BCUT2D eigenvalue weighted by molar-refractivity contribution is 0.0600. The monoisotopic (exact) mass is 307 g/mol. The fourth-order valence-corrected chi connectivity index (χ4v) is 2.05. The van der Waals surface area contributed by atoms with Crippen molar-refractivity contribution in [3.8, 4) is 0 Å². The third kappa shape index (κ3) is 3.73. The van der Waals surface area contributed by atoms with Crippen molar-refractivity contribution in [2.75, 3.05) is 12.4 Å². The van der Waals surface area contributed by atoms with Crippen molar-refractivity contribution < 1.29 is 13.9 Å². The molecule has 3 nitrogen and oxygen atoms in total. The van der Waals surface area contributed by atoms with Gasteiger partial charge >= 0.3 is 5.97 Å². The van der Waals surface area contributed by atoms with Gasteiger partial charge in [0.15, 0.2) is 0 Å². The molecular formula is C16H15ClFNO2. The molecule has 0 spiro atoms. The van der Waals surface area contributed by atoms with Gasteiger partial charge in [-0.2, -0.15) is 0 Å². The summed E-state index contributed by atoms with van der Waals surface area (Å²) in [6, 6.07) is 9.69. The van der Waals surface area contributed by atoms with Gasteiger partial charge < -0.3 is 10.1 Å². The lowest BCUT2D eigenvalue weighted by atomic mass is 10.1. The molecule has 0 heterocycles. The normalized spacial score (nSPS) is 10.3. The van der Waals surface area contributed by atoms with Gasteiger partial charge in [0.05, 0.1) is 18.4 Å². The van der Waals surface area contributed by atoms with E-state index in [1.165, 1.54) is 25.3 Å². The highest BCUT2D eigenvalue weighted by molar-refractivity contribution is 6.31. The number of methoxy groups -OCH3 is 1. The van der Waals surface area contributed by atoms with Gasteiger partial charge in [0.2, 0.25) is 0 Å². The average molecular weight is 308 g/mol. The second-order valence-corrected chi connectivity index (χ2v) is 5.03. The third-order valence-corrected chi connectivity index (χ3v) is 3.51. The SMILES string of the molecule is COC(=O)c1ccc(F)c(NCc2ccc(C)c(Cl)c2)c1. The minimum Gasteiger partial charge on any atom is -0.465 e. The number of hydrogen-bond donors (Lipinski definition) is 1. The number of esters is 1. The van der Waals surface area contributed by atoms with Crippen molar-refractivity contribution in [1.29, 1.82) is 0 Å². The van der Waals surface area contributed by atoms with Crippen LogP contribution in [0, 0.1) is 12.7 Å². The van der Waals surface area contributed by atoms with Gasteiger partial charge in [-0.1, -0.05) is 23.7 Å². The van der Waals surface area contributed by atoms with E-state index in [1.807, 2.05) is 25.1 Å². The minimum atomic E-state index is -0.503. The molecule has 0 aliphatic rings. The van der Waals surface area contributed by atoms with E-state index in [1.54, 1.807) is 0 Å². The van der Waals surface area contributed by atoms with Crippen molar-refractivity contribution >= 4 is 23.3 Å². The van der Waals surface area contributed by atoms with E-state index in [9.17, 15) is 9.18 Å². The molecule has 0 saturated heterocycles. The Morgan fingerprint density at radius 2 is 2.05 bits per heavy atom. The Morgan fingerprint density at radius 1 is 1.29 bits per heavy atom. The standard InChI is InChI=1S/C16H15ClFNO2/c1-10-3-4-11(7-13(10)17)9-19-15-8-12(16(20)21-2)5-6-14(15)18/h3-8,19H,9H2,1-2H3. The van der Waals surface area contributed by atoms with E-state index in [0.717, 1.165) is 11.1 Å². The number of nitrogens with one attached hydrogen (secondary N) is 1. The summed E-state index contributed by atoms with van der Waals surface area (Å²) in [7, 11) is 1.28. The summed E-state index contributed by atoms with van der Waals surface area (Å²) in [5.41, 5.74) is 2.45. The van der Waals surface area contributed by atoms with E-state index in [2.05, 4.69) is 10.1 Å². The fraction of sp³-hybridized carbons (Fsp3) is 0.188. The summed E-state index contributed by atoms with van der Waals surface area (Å²) in [4.78, 5) is 11.4. The molecule has 110 valence electrons. The van der Waals surface area contributed by atoms with Gasteiger partial charge in [-0.05, 0) is 42.3 Å². The highest BCUT2D eigenvalue weighted by Gasteiger charge is 2.09. The molecule has 0 radical (unpaired) electrons. The van der Waals surface area contributed by atoms with Gasteiger partial charge in [-0.3, -0.25) is 0 Å². The Morgan fingerprint density at radius 3 is 2.71 bits per heavy atom. The first-order valence-electron chi connectivity index (χ1n) is 6.38. The molecule has 2 aromatic rings. The van der Waals surface area contributed by atoms with Crippen LogP contribution in [0.15, 0.2) is 36.4 Å². The Labute approximate surface area is 127 Å². The van der Waals surface area contributed by atoms with E-state index in [4.69, 9.17) is 11.6 Å². The van der Waals surface area contributed by atoms with Crippen LogP contribution in [-0.2, 0) is 11.3 Å². The second-order valence-electron chi connectivity index (χ2n) is 4.62. The highest BCUT2D eigenvalue weighted by Crippen LogP contribution is 2.20. The molecule has 0 unspecified atom stereocenters. The quantitative estimate of drug-likeness (QED) is 0.861. The Bertz CT molecular complexity index is 673. The van der Waals surface area contributed by atoms with Crippen molar-refractivity contribution in [1.82, 2.24) is 0 Å². The average Bonchev–Trinajstić information content (AvgIpc) is 2.49. The molecule has 0 atom stereocenters. The van der Waals surface area contributed by atoms with Crippen LogP contribution in [0.25, 0.3) is 0 Å². The van der Waals surface area contributed by atoms with Crippen LogP contribution in [0.5, 0.6) is 0 Å². The van der Waals surface area contributed by atoms with Crippen LogP contribution in [0.1, 0.15) is 21.5 Å². The van der Waals surface area contributed by atoms with Crippen LogP contribution in [0.2, 0.25) is 5.02 Å². The zero-order valence-corrected chi connectivity index (χ0v) is 12.5. The minimum absolute atomic E-state index is 0.245. The molecule has 0 aliphatic carbocycles. The number of benzene rings is 2. The van der Waals surface area contributed by atoms with Crippen molar-refractivity contribution in [2.24, 2.45) is 0 Å². The van der Waals surface area contributed by atoms with Crippen LogP contribution in [0.4, 0.5) is 10.1 Å². The van der Waals surface area contributed by atoms with Crippen molar-refractivity contribution in [3.63, 3.8) is 0 Å². The first-order valence-corrected chi connectivity index (χ1v) is 6.76. The predicted octanol–water partition coefficient (Wildman–Crippen LogP) is 4.19. The number of anilines is 1. The van der Waals surface area contributed by atoms with Crippen LogP contribution < -0.4 is 5.32 Å². The van der Waals surface area contributed by atoms with Crippen molar-refractivity contribution in [3.05, 3.63) is 63.9 Å². The van der Waals surface area contributed by atoms with Gasteiger partial charge in [0.25, 0.3) is 0 Å². The van der Waals surface area contributed by atoms with E-state index in [0.29, 0.717) is 17.1 Å². The van der Waals surface area contributed by atoms with Gasteiger partial charge in [-0.25, -0.2) is 9.18 Å². The van der Waals surface area contributed by atoms with Crippen molar-refractivity contribution in [2.45, 2.75) is 13.5 Å². The lowest BCUT2D eigenvalue weighted by Gasteiger charge is -2.10. The predicted molar refractivity (Wildman–Crippen MR) is 81.3 cm³/mol.